The van der Waals surface area contributed by atoms with Crippen LogP contribution in [0.25, 0.3) is 0 Å². The Labute approximate surface area is 111 Å². The van der Waals surface area contributed by atoms with E-state index in [9.17, 15) is 4.79 Å². The number of carboxylic acids is 1. The lowest BCUT2D eigenvalue weighted by Gasteiger charge is -2.07. The van der Waals surface area contributed by atoms with E-state index in [-0.39, 0.29) is 5.56 Å². The van der Waals surface area contributed by atoms with Crippen molar-refractivity contribution in [3.05, 3.63) is 48.0 Å². The maximum Gasteiger partial charge on any atom is 0.335 e. The number of hydrogen-bond donors (Lipinski definition) is 1. The van der Waals surface area contributed by atoms with Crippen LogP contribution in [0.15, 0.2) is 36.7 Å². The molecule has 1 aromatic carbocycles. The third-order valence-corrected chi connectivity index (χ3v) is 2.84. The molecule has 19 heavy (non-hydrogen) atoms. The second-order valence-corrected chi connectivity index (χ2v) is 4.20. The van der Waals surface area contributed by atoms with Gasteiger partial charge in [0.05, 0.1) is 12.2 Å². The highest BCUT2D eigenvalue weighted by Gasteiger charge is 2.02. The molecule has 1 N–H and O–H groups in total. The van der Waals surface area contributed by atoms with Crippen LogP contribution in [0.2, 0.25) is 0 Å². The van der Waals surface area contributed by atoms with E-state index < -0.39 is 5.97 Å². The topological polar surface area (TPSA) is 64.4 Å². The van der Waals surface area contributed by atoms with Gasteiger partial charge in [0.15, 0.2) is 0 Å². The number of rotatable bonds is 6. The molecule has 0 aliphatic carbocycles. The predicted octanol–water partition coefficient (Wildman–Crippen LogP) is 2.36. The van der Waals surface area contributed by atoms with E-state index >= 15 is 0 Å². The molecule has 2 aromatic rings. The molecule has 0 spiro atoms. The molecule has 5 nitrogen and oxygen atoms in total. The molecule has 0 saturated heterocycles. The van der Waals surface area contributed by atoms with Gasteiger partial charge < -0.3 is 14.4 Å². The summed E-state index contributed by atoms with van der Waals surface area (Å²) in [5.41, 5.74) is 0.265. The molecular formula is C14H16N2O3. The van der Waals surface area contributed by atoms with Crippen LogP contribution in [0.4, 0.5) is 0 Å². The first-order valence-corrected chi connectivity index (χ1v) is 6.11. The average molecular weight is 260 g/mol. The van der Waals surface area contributed by atoms with Crippen LogP contribution in [-0.2, 0) is 6.54 Å². The van der Waals surface area contributed by atoms with Gasteiger partial charge in [-0.1, -0.05) is 0 Å². The standard InChI is InChI=1S/C14H16N2O3/c1-11-15-7-9-16(11)8-2-10-19-13-5-3-12(4-6-13)14(17)18/h3-7,9H,2,8,10H2,1H3,(H,17,18). The van der Waals surface area contributed by atoms with Gasteiger partial charge in [0.2, 0.25) is 0 Å². The number of aryl methyl sites for hydroxylation is 2. The van der Waals surface area contributed by atoms with Gasteiger partial charge in [-0.05, 0) is 37.6 Å². The molecule has 2 rings (SSSR count). The summed E-state index contributed by atoms with van der Waals surface area (Å²) in [7, 11) is 0. The molecule has 0 radical (unpaired) electrons. The van der Waals surface area contributed by atoms with Gasteiger partial charge in [-0.2, -0.15) is 0 Å². The lowest BCUT2D eigenvalue weighted by molar-refractivity contribution is 0.0697. The molecule has 0 bridgehead atoms. The van der Waals surface area contributed by atoms with Crippen LogP contribution < -0.4 is 4.74 Å². The van der Waals surface area contributed by atoms with Crippen LogP contribution in [0.5, 0.6) is 5.75 Å². The number of hydrogen-bond acceptors (Lipinski definition) is 3. The number of benzene rings is 1. The molecule has 1 heterocycles. The molecule has 0 atom stereocenters. The van der Waals surface area contributed by atoms with Gasteiger partial charge in [-0.15, -0.1) is 0 Å². The number of aromatic nitrogens is 2. The summed E-state index contributed by atoms with van der Waals surface area (Å²) in [5.74, 6) is 0.750. The van der Waals surface area contributed by atoms with Crippen LogP contribution in [0.1, 0.15) is 22.6 Å². The van der Waals surface area contributed by atoms with E-state index in [1.807, 2.05) is 13.1 Å². The van der Waals surface area contributed by atoms with Gasteiger partial charge in [0, 0.05) is 18.9 Å². The van der Waals surface area contributed by atoms with Crippen molar-refractivity contribution < 1.29 is 14.6 Å². The summed E-state index contributed by atoms with van der Waals surface area (Å²) in [6, 6.07) is 6.42. The Morgan fingerprint density at radius 3 is 2.68 bits per heavy atom. The molecule has 0 amide bonds. The molecule has 100 valence electrons. The molecule has 5 heteroatoms. The lowest BCUT2D eigenvalue weighted by atomic mass is 10.2. The first kappa shape index (κ1) is 13.1. The Morgan fingerprint density at radius 2 is 2.11 bits per heavy atom. The van der Waals surface area contributed by atoms with E-state index in [1.54, 1.807) is 18.3 Å². The van der Waals surface area contributed by atoms with E-state index in [4.69, 9.17) is 9.84 Å². The van der Waals surface area contributed by atoms with Crippen LogP contribution >= 0.6 is 0 Å². The van der Waals surface area contributed by atoms with E-state index in [0.29, 0.717) is 12.4 Å². The van der Waals surface area contributed by atoms with Crippen LogP contribution in [0, 0.1) is 6.92 Å². The van der Waals surface area contributed by atoms with Gasteiger partial charge >= 0.3 is 5.97 Å². The summed E-state index contributed by atoms with van der Waals surface area (Å²) < 4.78 is 7.62. The normalized spacial score (nSPS) is 10.4. The molecule has 0 fully saturated rings. The number of imidazole rings is 1. The Hall–Kier alpha value is -2.30. The third kappa shape index (κ3) is 3.58. The molecule has 0 aliphatic rings. The molecule has 0 aliphatic heterocycles. The smallest absolute Gasteiger partial charge is 0.335 e. The number of carbonyl (C=O) groups is 1. The summed E-state index contributed by atoms with van der Waals surface area (Å²) in [6.45, 7) is 3.41. The van der Waals surface area contributed by atoms with Crippen molar-refractivity contribution in [3.63, 3.8) is 0 Å². The van der Waals surface area contributed by atoms with Gasteiger partial charge in [0.1, 0.15) is 11.6 Å². The SMILES string of the molecule is Cc1nccn1CCCOc1ccc(C(=O)O)cc1. The van der Waals surface area contributed by atoms with Crippen molar-refractivity contribution in [3.8, 4) is 5.75 Å². The first-order chi connectivity index (χ1) is 9.16. The zero-order valence-electron chi connectivity index (χ0n) is 10.7. The summed E-state index contributed by atoms with van der Waals surface area (Å²) in [5, 5.41) is 8.77. The third-order valence-electron chi connectivity index (χ3n) is 2.84. The zero-order valence-corrected chi connectivity index (χ0v) is 10.7. The van der Waals surface area contributed by atoms with Crippen molar-refractivity contribution in [1.29, 1.82) is 0 Å². The largest absolute Gasteiger partial charge is 0.494 e. The number of ether oxygens (including phenoxy) is 1. The fraction of sp³-hybridized carbons (Fsp3) is 0.286. The fourth-order valence-corrected chi connectivity index (χ4v) is 1.76. The summed E-state index contributed by atoms with van der Waals surface area (Å²) in [6.07, 6.45) is 4.59. The molecule has 1 aromatic heterocycles. The van der Waals surface area contributed by atoms with Gasteiger partial charge in [0.25, 0.3) is 0 Å². The maximum absolute atomic E-state index is 10.7. The Kier molecular flexibility index (Phi) is 4.18. The molecule has 0 unspecified atom stereocenters. The van der Waals surface area contributed by atoms with Crippen molar-refractivity contribution in [1.82, 2.24) is 9.55 Å². The Balaban J connectivity index is 1.76. The second kappa shape index (κ2) is 6.04. The zero-order chi connectivity index (χ0) is 13.7. The van der Waals surface area contributed by atoms with Crippen LogP contribution in [-0.4, -0.2) is 27.2 Å². The predicted molar refractivity (Wildman–Crippen MR) is 70.5 cm³/mol. The van der Waals surface area contributed by atoms with Crippen LogP contribution in [0.3, 0.4) is 0 Å². The Morgan fingerprint density at radius 1 is 1.37 bits per heavy atom. The van der Waals surface area contributed by atoms with Crippen molar-refractivity contribution in [2.75, 3.05) is 6.61 Å². The second-order valence-electron chi connectivity index (χ2n) is 4.20. The monoisotopic (exact) mass is 260 g/mol. The van der Waals surface area contributed by atoms with Gasteiger partial charge in [-0.25, -0.2) is 9.78 Å². The summed E-state index contributed by atoms with van der Waals surface area (Å²) in [4.78, 5) is 14.8. The van der Waals surface area contributed by atoms with Crippen molar-refractivity contribution >= 4 is 5.97 Å². The van der Waals surface area contributed by atoms with Gasteiger partial charge in [-0.3, -0.25) is 0 Å². The highest BCUT2D eigenvalue weighted by Crippen LogP contribution is 2.12. The first-order valence-electron chi connectivity index (χ1n) is 6.11. The fourth-order valence-electron chi connectivity index (χ4n) is 1.76. The van der Waals surface area contributed by atoms with E-state index in [2.05, 4.69) is 9.55 Å². The molecule has 0 saturated carbocycles. The number of carboxylic acid groups (broad SMARTS) is 1. The van der Waals surface area contributed by atoms with E-state index in [0.717, 1.165) is 18.8 Å². The van der Waals surface area contributed by atoms with Crippen molar-refractivity contribution in [2.24, 2.45) is 0 Å². The molecular weight excluding hydrogens is 244 g/mol. The minimum absolute atomic E-state index is 0.265. The Bertz CT molecular complexity index is 546. The quantitative estimate of drug-likeness (QED) is 0.810. The van der Waals surface area contributed by atoms with E-state index in [1.165, 1.54) is 12.1 Å². The average Bonchev–Trinajstić information content (AvgIpc) is 2.81. The number of aromatic carboxylic acids is 1. The maximum atomic E-state index is 10.7. The van der Waals surface area contributed by atoms with Crippen molar-refractivity contribution in [2.45, 2.75) is 19.9 Å². The highest BCUT2D eigenvalue weighted by molar-refractivity contribution is 5.87. The number of nitrogens with zero attached hydrogens (tertiary/aromatic N) is 2. The lowest BCUT2D eigenvalue weighted by Crippen LogP contribution is -2.05. The summed E-state index contributed by atoms with van der Waals surface area (Å²) >= 11 is 0. The highest BCUT2D eigenvalue weighted by atomic mass is 16.5. The minimum Gasteiger partial charge on any atom is -0.494 e. The minimum atomic E-state index is -0.929.